The molecular weight excluding hydrogens is 375 g/mol. The number of hydrogen-bond acceptors (Lipinski definition) is 7. The van der Waals surface area contributed by atoms with Crippen molar-refractivity contribution in [1.82, 2.24) is 19.6 Å². The van der Waals surface area contributed by atoms with Gasteiger partial charge in [0, 0.05) is 58.5 Å². The molecule has 1 aliphatic rings. The molecule has 3 N–H and O–H groups in total. The molecule has 0 amide bonds. The van der Waals surface area contributed by atoms with Crippen molar-refractivity contribution < 1.29 is 29.3 Å². The van der Waals surface area contributed by atoms with Gasteiger partial charge in [0.05, 0.1) is 19.3 Å². The van der Waals surface area contributed by atoms with Gasteiger partial charge < -0.3 is 24.9 Å². The van der Waals surface area contributed by atoms with E-state index in [9.17, 15) is 19.0 Å². The van der Waals surface area contributed by atoms with Gasteiger partial charge in [0.15, 0.2) is 0 Å². The third kappa shape index (κ3) is 11.4. The Morgan fingerprint density at radius 2 is 1.26 bits per heavy atom. The predicted octanol–water partition coefficient (Wildman–Crippen LogP) is -0.745. The van der Waals surface area contributed by atoms with Crippen LogP contribution in [0.15, 0.2) is 0 Å². The first-order valence-electron chi connectivity index (χ1n) is 9.13. The highest BCUT2D eigenvalue weighted by Crippen LogP contribution is 2.41. The van der Waals surface area contributed by atoms with Gasteiger partial charge in [-0.05, 0) is 14.1 Å². The lowest BCUT2D eigenvalue weighted by Crippen LogP contribution is -2.45. The van der Waals surface area contributed by atoms with Crippen LogP contribution in [0, 0.1) is 0 Å². The van der Waals surface area contributed by atoms with Crippen LogP contribution in [0.2, 0.25) is 0 Å². The van der Waals surface area contributed by atoms with Gasteiger partial charge in [0.1, 0.15) is 0 Å². The summed E-state index contributed by atoms with van der Waals surface area (Å²) in [6.45, 7) is 5.20. The Balaban J connectivity index is 2.76. The predicted molar refractivity (Wildman–Crippen MR) is 102 cm³/mol. The Labute approximate surface area is 160 Å². The van der Waals surface area contributed by atoms with Crippen LogP contribution in [-0.2, 0) is 14.2 Å². The zero-order valence-electron chi connectivity index (χ0n) is 16.3. The number of carboxylic acid groups (broad SMARTS) is 2. The molecule has 1 heterocycles. The molecule has 10 nitrogen and oxygen atoms in total. The van der Waals surface area contributed by atoms with E-state index in [1.54, 1.807) is 0 Å². The zero-order chi connectivity index (χ0) is 20.4. The zero-order valence-corrected chi connectivity index (χ0v) is 17.2. The quantitative estimate of drug-likeness (QED) is 0.464. The molecular formula is C16H33N4O6P. The van der Waals surface area contributed by atoms with Crippen LogP contribution in [-0.4, -0.2) is 132 Å². The maximum absolute atomic E-state index is 12.4. The van der Waals surface area contributed by atoms with Crippen molar-refractivity contribution in [3.8, 4) is 0 Å². The fraction of sp³-hybridized carbons (Fsp3) is 0.875. The van der Waals surface area contributed by atoms with Crippen LogP contribution in [0.3, 0.4) is 0 Å². The Morgan fingerprint density at radius 3 is 1.78 bits per heavy atom. The highest BCUT2D eigenvalue weighted by molar-refractivity contribution is 7.57. The van der Waals surface area contributed by atoms with Gasteiger partial charge in [-0.1, -0.05) is 0 Å². The molecule has 0 bridgehead atoms. The summed E-state index contributed by atoms with van der Waals surface area (Å²) >= 11 is 0. The monoisotopic (exact) mass is 408 g/mol. The van der Waals surface area contributed by atoms with Crippen molar-refractivity contribution in [3.05, 3.63) is 0 Å². The number of hydrogen-bond donors (Lipinski definition) is 3. The molecule has 1 unspecified atom stereocenters. The first-order chi connectivity index (χ1) is 12.6. The lowest BCUT2D eigenvalue weighted by molar-refractivity contribution is -0.138. The molecule has 27 heavy (non-hydrogen) atoms. The number of likely N-dealkylation sites (N-methyl/N-ethyl adjacent to an activating group) is 2. The van der Waals surface area contributed by atoms with Crippen molar-refractivity contribution in [2.45, 2.75) is 6.42 Å². The molecule has 0 aromatic rings. The third-order valence-electron chi connectivity index (χ3n) is 4.65. The number of aliphatic carboxylic acids is 2. The Hall–Kier alpha value is -1.03. The first kappa shape index (κ1) is 24.0. The molecule has 0 radical (unpaired) electrons. The Bertz CT molecular complexity index is 535. The maximum Gasteiger partial charge on any atom is 0.317 e. The molecule has 1 rings (SSSR count). The van der Waals surface area contributed by atoms with Gasteiger partial charge in [0.2, 0.25) is 7.37 Å². The van der Waals surface area contributed by atoms with E-state index in [-0.39, 0.29) is 25.4 Å². The van der Waals surface area contributed by atoms with E-state index in [4.69, 9.17) is 10.2 Å². The summed E-state index contributed by atoms with van der Waals surface area (Å²) in [4.78, 5) is 39.9. The summed E-state index contributed by atoms with van der Waals surface area (Å²) in [7, 11) is 0.421. The van der Waals surface area contributed by atoms with Gasteiger partial charge in [0.25, 0.3) is 0 Å². The van der Waals surface area contributed by atoms with Crippen LogP contribution in [0.4, 0.5) is 0 Å². The number of carboxylic acids is 2. The number of rotatable bonds is 7. The average Bonchev–Trinajstić information content (AvgIpc) is 2.56. The minimum Gasteiger partial charge on any atom is -0.481 e. The lowest BCUT2D eigenvalue weighted by Gasteiger charge is -2.32. The van der Waals surface area contributed by atoms with Crippen molar-refractivity contribution in [2.24, 2.45) is 0 Å². The van der Waals surface area contributed by atoms with Gasteiger partial charge in [-0.2, -0.15) is 0 Å². The third-order valence-corrected chi connectivity index (χ3v) is 6.41. The van der Waals surface area contributed by atoms with Gasteiger partial charge >= 0.3 is 11.9 Å². The molecule has 0 saturated carbocycles. The Kier molecular flexibility index (Phi) is 10.4. The fourth-order valence-electron chi connectivity index (χ4n) is 2.84. The van der Waals surface area contributed by atoms with E-state index >= 15 is 0 Å². The van der Waals surface area contributed by atoms with Crippen molar-refractivity contribution in [3.63, 3.8) is 0 Å². The second-order valence-electron chi connectivity index (χ2n) is 7.25. The number of carbonyl (C=O) groups is 2. The summed E-state index contributed by atoms with van der Waals surface area (Å²) < 4.78 is 12.4. The van der Waals surface area contributed by atoms with Crippen molar-refractivity contribution >= 4 is 19.3 Å². The largest absolute Gasteiger partial charge is 0.481 e. The van der Waals surface area contributed by atoms with E-state index < -0.39 is 19.3 Å². The van der Waals surface area contributed by atoms with Crippen LogP contribution >= 0.6 is 7.37 Å². The fourth-order valence-corrected chi connectivity index (χ4v) is 4.43. The minimum absolute atomic E-state index is 0.0720. The second-order valence-corrected chi connectivity index (χ2v) is 9.67. The van der Waals surface area contributed by atoms with E-state index in [0.29, 0.717) is 32.7 Å². The van der Waals surface area contributed by atoms with Crippen LogP contribution in [0.25, 0.3) is 0 Å². The summed E-state index contributed by atoms with van der Waals surface area (Å²) in [6.07, 6.45) is -0.660. The molecule has 1 aliphatic heterocycles. The summed E-state index contributed by atoms with van der Waals surface area (Å²) in [5, 5.41) is 17.9. The normalized spacial score (nSPS) is 22.5. The van der Waals surface area contributed by atoms with Crippen molar-refractivity contribution in [1.29, 1.82) is 0 Å². The smallest absolute Gasteiger partial charge is 0.317 e. The van der Waals surface area contributed by atoms with E-state index in [1.807, 2.05) is 23.9 Å². The van der Waals surface area contributed by atoms with Crippen LogP contribution < -0.4 is 0 Å². The molecule has 1 saturated heterocycles. The van der Waals surface area contributed by atoms with Crippen molar-refractivity contribution in [2.75, 3.05) is 85.4 Å². The molecule has 158 valence electrons. The Morgan fingerprint density at radius 1 is 0.815 bits per heavy atom. The van der Waals surface area contributed by atoms with E-state index in [1.165, 1.54) is 0 Å². The molecule has 0 aromatic carbocycles. The molecule has 1 atom stereocenters. The maximum atomic E-state index is 12.4. The molecule has 11 heteroatoms. The second kappa shape index (κ2) is 11.7. The SMILES string of the molecule is CN1CCN(C)CCN(CP(=O)(O)CCC(=O)O)CCN(CC(=O)O)CC1. The average molecular weight is 408 g/mol. The number of nitrogens with zero attached hydrogens (tertiary/aromatic N) is 4. The molecule has 1 fully saturated rings. The van der Waals surface area contributed by atoms with Gasteiger partial charge in [-0.15, -0.1) is 0 Å². The molecule has 0 spiro atoms. The highest BCUT2D eigenvalue weighted by atomic mass is 31.2. The van der Waals surface area contributed by atoms with E-state index in [2.05, 4.69) is 9.80 Å². The summed E-state index contributed by atoms with van der Waals surface area (Å²) in [5.41, 5.74) is 0. The molecule has 0 aromatic heterocycles. The van der Waals surface area contributed by atoms with E-state index in [0.717, 1.165) is 19.6 Å². The van der Waals surface area contributed by atoms with Crippen LogP contribution in [0.5, 0.6) is 0 Å². The highest BCUT2D eigenvalue weighted by Gasteiger charge is 2.24. The summed E-state index contributed by atoms with van der Waals surface area (Å²) in [6, 6.07) is 0. The summed E-state index contributed by atoms with van der Waals surface area (Å²) in [5.74, 6) is -1.99. The van der Waals surface area contributed by atoms with Gasteiger partial charge in [-0.3, -0.25) is 24.0 Å². The topological polar surface area (TPSA) is 125 Å². The minimum atomic E-state index is -3.59. The standard InChI is InChI=1S/C16H33N4O6P/c1-17-4-5-18(2)7-9-20(14-27(25,26)12-3-15(21)22)11-10-19(8-6-17)13-16(23)24/h3-14H2,1-2H3,(H,21,22)(H,23,24)(H,25,26). The lowest BCUT2D eigenvalue weighted by atomic mass is 10.3. The molecule has 0 aliphatic carbocycles. The van der Waals surface area contributed by atoms with Crippen LogP contribution in [0.1, 0.15) is 6.42 Å². The van der Waals surface area contributed by atoms with Gasteiger partial charge in [-0.25, -0.2) is 0 Å². The first-order valence-corrected chi connectivity index (χ1v) is 11.2.